The number of amides is 1. The first-order valence-electron chi connectivity index (χ1n) is 12.9. The van der Waals surface area contributed by atoms with Crippen molar-refractivity contribution >= 4 is 17.4 Å². The molecular formula is C27H27F3N6O4S. The van der Waals surface area contributed by atoms with Crippen molar-refractivity contribution in [1.29, 1.82) is 0 Å². The molecule has 1 aromatic carbocycles. The zero-order valence-electron chi connectivity index (χ0n) is 22.5. The largest absolute Gasteiger partial charge is 0.444 e. The van der Waals surface area contributed by atoms with Gasteiger partial charge in [-0.1, -0.05) is 23.5 Å². The molecule has 0 saturated carbocycles. The molecule has 5 rings (SSSR count). The van der Waals surface area contributed by atoms with E-state index in [1.54, 1.807) is 35.2 Å². The molecule has 41 heavy (non-hydrogen) atoms. The van der Waals surface area contributed by atoms with E-state index in [-0.39, 0.29) is 39.9 Å². The molecule has 216 valence electrons. The maximum Gasteiger partial charge on any atom is 0.410 e. The number of carbonyl (C=O) groups excluding carboxylic acids is 1. The van der Waals surface area contributed by atoms with Gasteiger partial charge in [0.15, 0.2) is 5.01 Å². The van der Waals surface area contributed by atoms with E-state index >= 15 is 4.39 Å². The molecule has 0 radical (unpaired) electrons. The Bertz CT molecular complexity index is 1590. The topological polar surface area (TPSA) is 116 Å². The van der Waals surface area contributed by atoms with Crippen molar-refractivity contribution < 1.29 is 27.1 Å². The lowest BCUT2D eigenvalue weighted by molar-refractivity contribution is 0.0204. The molecule has 4 aromatic rings. The third-order valence-electron chi connectivity index (χ3n) is 6.46. The minimum Gasteiger partial charge on any atom is -0.444 e. The molecule has 0 atom stereocenters. The van der Waals surface area contributed by atoms with Crippen molar-refractivity contribution in [3.05, 3.63) is 69.2 Å². The second-order valence-corrected chi connectivity index (χ2v) is 11.5. The van der Waals surface area contributed by atoms with E-state index in [2.05, 4.69) is 20.3 Å². The fourth-order valence-electron chi connectivity index (χ4n) is 4.48. The van der Waals surface area contributed by atoms with E-state index in [4.69, 9.17) is 9.15 Å². The number of benzene rings is 1. The molecule has 4 heterocycles. The molecule has 0 aliphatic carbocycles. The molecule has 0 spiro atoms. The van der Waals surface area contributed by atoms with Crippen LogP contribution in [-0.4, -0.2) is 54.6 Å². The van der Waals surface area contributed by atoms with Crippen molar-refractivity contribution in [1.82, 2.24) is 29.9 Å². The van der Waals surface area contributed by atoms with Gasteiger partial charge in [0.1, 0.15) is 11.4 Å². The molecule has 1 aliphatic rings. The Hall–Kier alpha value is -4.07. The first-order chi connectivity index (χ1) is 19.5. The number of piperidine rings is 1. The van der Waals surface area contributed by atoms with Crippen molar-refractivity contribution in [2.45, 2.75) is 58.1 Å². The lowest BCUT2D eigenvalue weighted by atomic mass is 9.88. The molecule has 1 aliphatic heterocycles. The lowest BCUT2D eigenvalue weighted by Crippen LogP contribution is -2.41. The van der Waals surface area contributed by atoms with Gasteiger partial charge in [-0.2, -0.15) is 13.9 Å². The normalized spacial score (nSPS) is 14.6. The van der Waals surface area contributed by atoms with Crippen LogP contribution in [0.4, 0.5) is 18.0 Å². The Kier molecular flexibility index (Phi) is 7.93. The Labute approximate surface area is 236 Å². The molecule has 0 bridgehead atoms. The number of ether oxygens (including phenoxy) is 1. The zero-order chi connectivity index (χ0) is 29.3. The summed E-state index contributed by atoms with van der Waals surface area (Å²) in [6, 6.07) is 8.19. The Morgan fingerprint density at radius 2 is 1.93 bits per heavy atom. The summed E-state index contributed by atoms with van der Waals surface area (Å²) in [5.74, 6) is -1.41. The summed E-state index contributed by atoms with van der Waals surface area (Å²) < 4.78 is 52.7. The van der Waals surface area contributed by atoms with Gasteiger partial charge in [0.2, 0.25) is 5.89 Å². The highest BCUT2D eigenvalue weighted by atomic mass is 32.1. The zero-order valence-corrected chi connectivity index (χ0v) is 23.3. The highest BCUT2D eigenvalue weighted by Gasteiger charge is 2.29. The van der Waals surface area contributed by atoms with Gasteiger partial charge in [0, 0.05) is 24.8 Å². The van der Waals surface area contributed by atoms with Gasteiger partial charge in [0.25, 0.3) is 5.89 Å². The van der Waals surface area contributed by atoms with Crippen LogP contribution < -0.4 is 4.87 Å². The second kappa shape index (κ2) is 11.4. The number of likely N-dealkylation sites (tertiary alicyclic amines) is 1. The van der Waals surface area contributed by atoms with Crippen molar-refractivity contribution in [2.24, 2.45) is 0 Å². The Balaban J connectivity index is 1.28. The average Bonchev–Trinajstić information content (AvgIpc) is 3.56. The molecule has 0 unspecified atom stereocenters. The maximum atomic E-state index is 15.7. The summed E-state index contributed by atoms with van der Waals surface area (Å²) in [5, 5.41) is 11.5. The standard InChI is InChI=1S/C27H27F3N6O4S/c1-27(2,3)40-25(37)35-11-9-15(10-12-35)18-5-4-6-19(20(18)28)24-34-36(26(38)41-24)14-17-8-7-16(13-31-17)22-32-33-23(39-22)21(29)30/h4-8,13,15,21H,9-12,14H2,1-3H3. The molecule has 1 fully saturated rings. The predicted molar refractivity (Wildman–Crippen MR) is 143 cm³/mol. The third-order valence-corrected chi connectivity index (χ3v) is 7.34. The minimum atomic E-state index is -2.88. The lowest BCUT2D eigenvalue weighted by Gasteiger charge is -2.33. The van der Waals surface area contributed by atoms with Crippen LogP contribution >= 0.6 is 11.3 Å². The molecule has 10 nitrogen and oxygen atoms in total. The summed E-state index contributed by atoms with van der Waals surface area (Å²) in [7, 11) is 0. The van der Waals surface area contributed by atoms with E-state index < -0.39 is 23.7 Å². The average molecular weight is 589 g/mol. The van der Waals surface area contributed by atoms with Crippen LogP contribution in [0.15, 0.2) is 45.7 Å². The number of nitrogens with zero attached hydrogens (tertiary/aromatic N) is 6. The molecule has 14 heteroatoms. The van der Waals surface area contributed by atoms with Crippen LogP contribution in [0.3, 0.4) is 0 Å². The summed E-state index contributed by atoms with van der Waals surface area (Å²) in [5.41, 5.74) is 0.973. The van der Waals surface area contributed by atoms with Crippen LogP contribution in [0, 0.1) is 5.82 Å². The van der Waals surface area contributed by atoms with Gasteiger partial charge in [-0.3, -0.25) is 9.78 Å². The predicted octanol–water partition coefficient (Wildman–Crippen LogP) is 5.66. The number of pyridine rings is 1. The number of carbonyl (C=O) groups is 1. The van der Waals surface area contributed by atoms with Gasteiger partial charge < -0.3 is 14.1 Å². The fourth-order valence-corrected chi connectivity index (χ4v) is 5.27. The first kappa shape index (κ1) is 28.5. The highest BCUT2D eigenvalue weighted by Crippen LogP contribution is 2.34. The smallest absolute Gasteiger partial charge is 0.410 e. The summed E-state index contributed by atoms with van der Waals surface area (Å²) in [6.45, 7) is 6.37. The SMILES string of the molecule is CC(C)(C)OC(=O)N1CCC(c2cccc(-c3nn(Cc4ccc(-c5nnc(C(F)F)o5)cn4)c(=O)s3)c2F)CC1. The van der Waals surface area contributed by atoms with E-state index in [9.17, 15) is 18.4 Å². The van der Waals surface area contributed by atoms with E-state index in [0.717, 1.165) is 11.3 Å². The van der Waals surface area contributed by atoms with Gasteiger partial charge in [-0.05, 0) is 63.3 Å². The van der Waals surface area contributed by atoms with Crippen LogP contribution in [0.2, 0.25) is 0 Å². The summed E-state index contributed by atoms with van der Waals surface area (Å²) in [4.78, 5) is 30.6. The van der Waals surface area contributed by atoms with Crippen molar-refractivity contribution in [3.63, 3.8) is 0 Å². The minimum absolute atomic E-state index is 0.0200. The van der Waals surface area contributed by atoms with Crippen LogP contribution in [-0.2, 0) is 11.3 Å². The van der Waals surface area contributed by atoms with E-state index in [1.165, 1.54) is 10.9 Å². The third kappa shape index (κ3) is 6.47. The number of alkyl halides is 2. The maximum absolute atomic E-state index is 15.7. The Morgan fingerprint density at radius 3 is 2.56 bits per heavy atom. The highest BCUT2D eigenvalue weighted by molar-refractivity contribution is 7.12. The van der Waals surface area contributed by atoms with Crippen LogP contribution in [0.1, 0.15) is 63.1 Å². The van der Waals surface area contributed by atoms with Crippen LogP contribution in [0.5, 0.6) is 0 Å². The van der Waals surface area contributed by atoms with E-state index in [1.807, 2.05) is 20.8 Å². The van der Waals surface area contributed by atoms with Gasteiger partial charge >= 0.3 is 17.4 Å². The molecule has 3 aromatic heterocycles. The van der Waals surface area contributed by atoms with E-state index in [0.29, 0.717) is 42.8 Å². The molecule has 1 amide bonds. The van der Waals surface area contributed by atoms with Crippen molar-refractivity contribution in [3.8, 4) is 22.0 Å². The summed E-state index contributed by atoms with van der Waals surface area (Å²) in [6.07, 6.45) is -0.719. The fraction of sp³-hybridized carbons (Fsp3) is 0.407. The molecule has 1 saturated heterocycles. The van der Waals surface area contributed by atoms with Gasteiger partial charge in [-0.25, -0.2) is 13.9 Å². The number of hydrogen-bond acceptors (Lipinski definition) is 9. The quantitative estimate of drug-likeness (QED) is 0.284. The summed E-state index contributed by atoms with van der Waals surface area (Å²) >= 11 is 0.826. The monoisotopic (exact) mass is 588 g/mol. The number of hydrogen-bond donors (Lipinski definition) is 0. The van der Waals surface area contributed by atoms with Gasteiger partial charge in [-0.15, -0.1) is 10.2 Å². The number of aromatic nitrogens is 5. The van der Waals surface area contributed by atoms with Crippen LogP contribution in [0.25, 0.3) is 22.0 Å². The molecule has 0 N–H and O–H groups in total. The number of halogens is 3. The first-order valence-corrected chi connectivity index (χ1v) is 13.7. The van der Waals surface area contributed by atoms with Crippen molar-refractivity contribution in [2.75, 3.05) is 13.1 Å². The second-order valence-electron chi connectivity index (χ2n) is 10.6. The number of rotatable bonds is 6. The Morgan fingerprint density at radius 1 is 1.17 bits per heavy atom. The molecular weight excluding hydrogens is 561 g/mol. The van der Waals surface area contributed by atoms with Gasteiger partial charge in [0.05, 0.1) is 17.8 Å².